The summed E-state index contributed by atoms with van der Waals surface area (Å²) >= 11 is 0. The number of ether oxygens (including phenoxy) is 1. The maximum Gasteiger partial charge on any atom is 0.408 e. The van der Waals surface area contributed by atoms with Gasteiger partial charge in [0, 0.05) is 42.6 Å². The van der Waals surface area contributed by atoms with E-state index < -0.39 is 39.6 Å². The highest BCUT2D eigenvalue weighted by molar-refractivity contribution is 7.89. The van der Waals surface area contributed by atoms with Crippen LogP contribution in [0.3, 0.4) is 0 Å². The van der Waals surface area contributed by atoms with Gasteiger partial charge in [-0.1, -0.05) is 31.9 Å². The Kier molecular flexibility index (Phi) is 9.12. The van der Waals surface area contributed by atoms with Crippen molar-refractivity contribution in [2.24, 2.45) is 0 Å². The van der Waals surface area contributed by atoms with Crippen molar-refractivity contribution in [3.63, 3.8) is 0 Å². The van der Waals surface area contributed by atoms with Crippen LogP contribution in [0.25, 0.3) is 10.8 Å². The summed E-state index contributed by atoms with van der Waals surface area (Å²) in [4.78, 5) is 31.2. The van der Waals surface area contributed by atoms with Crippen molar-refractivity contribution in [3.8, 4) is 0 Å². The minimum atomic E-state index is -4.07. The summed E-state index contributed by atoms with van der Waals surface area (Å²) in [5.41, 5.74) is -0.703. The molecule has 2 atom stereocenters. The highest BCUT2D eigenvalue weighted by Crippen LogP contribution is 2.29. The van der Waals surface area contributed by atoms with Crippen LogP contribution in [0.4, 0.5) is 9.18 Å². The van der Waals surface area contributed by atoms with Gasteiger partial charge in [-0.15, -0.1) is 0 Å². The molecule has 0 saturated carbocycles. The molecule has 2 heterocycles. The largest absolute Gasteiger partial charge is 0.444 e. The second kappa shape index (κ2) is 11.7. The molecule has 2 amide bonds. The van der Waals surface area contributed by atoms with Crippen LogP contribution < -0.4 is 5.32 Å². The molecule has 1 aliphatic rings. The van der Waals surface area contributed by atoms with Gasteiger partial charge in [0.25, 0.3) is 0 Å². The molecule has 2 aromatic rings. The van der Waals surface area contributed by atoms with E-state index in [0.717, 1.165) is 19.0 Å². The number of pyridine rings is 1. The summed E-state index contributed by atoms with van der Waals surface area (Å²) < 4.78 is 48.7. The predicted octanol–water partition coefficient (Wildman–Crippen LogP) is 4.07. The van der Waals surface area contributed by atoms with Crippen molar-refractivity contribution in [1.29, 1.82) is 0 Å². The first-order chi connectivity index (χ1) is 17.3. The average Bonchev–Trinajstić information content (AvgIpc) is 3.02. The van der Waals surface area contributed by atoms with Crippen molar-refractivity contribution in [3.05, 3.63) is 36.4 Å². The van der Waals surface area contributed by atoms with Gasteiger partial charge < -0.3 is 15.0 Å². The zero-order chi connectivity index (χ0) is 27.4. The molecule has 1 fully saturated rings. The number of alkyl carbamates (subject to hydrolysis) is 1. The molecule has 0 spiro atoms. The van der Waals surface area contributed by atoms with E-state index in [2.05, 4.69) is 10.3 Å². The van der Waals surface area contributed by atoms with Crippen LogP contribution in [-0.2, 0) is 19.6 Å². The predicted molar refractivity (Wildman–Crippen MR) is 139 cm³/mol. The second-order valence-electron chi connectivity index (χ2n) is 10.4. The number of amides is 2. The molecule has 1 aliphatic heterocycles. The number of unbranched alkanes of at least 4 members (excludes halogenated alkanes) is 1. The smallest absolute Gasteiger partial charge is 0.408 e. The van der Waals surface area contributed by atoms with Gasteiger partial charge in [0.2, 0.25) is 15.9 Å². The first-order valence-electron chi connectivity index (χ1n) is 12.7. The van der Waals surface area contributed by atoms with E-state index >= 15 is 0 Å². The molecule has 1 N–H and O–H groups in total. The summed E-state index contributed by atoms with van der Waals surface area (Å²) in [5, 5.41) is 3.10. The van der Waals surface area contributed by atoms with Gasteiger partial charge in [-0.25, -0.2) is 17.6 Å². The Morgan fingerprint density at radius 3 is 2.65 bits per heavy atom. The molecule has 0 bridgehead atoms. The lowest BCUT2D eigenvalue weighted by Crippen LogP contribution is -2.52. The van der Waals surface area contributed by atoms with Crippen LogP contribution in [0.2, 0.25) is 0 Å². The van der Waals surface area contributed by atoms with Crippen LogP contribution in [0.1, 0.15) is 60.3 Å². The lowest BCUT2D eigenvalue weighted by atomic mass is 10.1. The van der Waals surface area contributed by atoms with Gasteiger partial charge in [0.15, 0.2) is 5.82 Å². The van der Waals surface area contributed by atoms with E-state index in [9.17, 15) is 22.4 Å². The third kappa shape index (κ3) is 6.95. The Morgan fingerprint density at radius 1 is 1.24 bits per heavy atom. The van der Waals surface area contributed by atoms with Crippen molar-refractivity contribution in [2.75, 3.05) is 19.6 Å². The molecule has 0 aliphatic carbocycles. The summed E-state index contributed by atoms with van der Waals surface area (Å²) in [6.45, 7) is 9.63. The molecule has 37 heavy (non-hydrogen) atoms. The van der Waals surface area contributed by atoms with Gasteiger partial charge in [0.1, 0.15) is 11.6 Å². The number of halogens is 1. The molecule has 0 radical (unpaired) electrons. The summed E-state index contributed by atoms with van der Waals surface area (Å²) in [7, 11) is -4.07. The molecule has 11 heteroatoms. The monoisotopic (exact) mass is 536 g/mol. The van der Waals surface area contributed by atoms with Gasteiger partial charge in [-0.2, -0.15) is 4.31 Å². The Hall–Kier alpha value is -2.79. The Morgan fingerprint density at radius 2 is 1.97 bits per heavy atom. The number of fused-ring (bicyclic) bond motifs is 1. The van der Waals surface area contributed by atoms with Crippen molar-refractivity contribution in [2.45, 2.75) is 82.9 Å². The number of nitrogens with one attached hydrogen (secondary N) is 1. The van der Waals surface area contributed by atoms with E-state index in [1.807, 2.05) is 6.92 Å². The average molecular weight is 537 g/mol. The van der Waals surface area contributed by atoms with E-state index in [1.54, 1.807) is 44.7 Å². The molecule has 1 aromatic carbocycles. The van der Waals surface area contributed by atoms with E-state index in [-0.39, 0.29) is 29.3 Å². The Bertz CT molecular complexity index is 1230. The van der Waals surface area contributed by atoms with Crippen LogP contribution >= 0.6 is 0 Å². The number of carbonyl (C=O) groups is 2. The van der Waals surface area contributed by atoms with E-state index in [4.69, 9.17) is 4.74 Å². The molecular weight excluding hydrogens is 499 g/mol. The maximum atomic E-state index is 14.6. The maximum absolute atomic E-state index is 14.6. The number of aromatic nitrogens is 1. The fourth-order valence-electron chi connectivity index (χ4n) is 4.53. The van der Waals surface area contributed by atoms with Crippen molar-refractivity contribution < 1.29 is 27.1 Å². The van der Waals surface area contributed by atoms with Crippen LogP contribution in [0.15, 0.2) is 35.5 Å². The van der Waals surface area contributed by atoms with Crippen LogP contribution in [0, 0.1) is 5.82 Å². The number of sulfonamides is 1. The lowest BCUT2D eigenvalue weighted by Gasteiger charge is -2.31. The number of nitrogens with zero attached hydrogens (tertiary/aromatic N) is 3. The lowest BCUT2D eigenvalue weighted by molar-refractivity contribution is -0.133. The first kappa shape index (κ1) is 28.8. The van der Waals surface area contributed by atoms with E-state index in [0.29, 0.717) is 24.8 Å². The van der Waals surface area contributed by atoms with Crippen molar-refractivity contribution in [1.82, 2.24) is 19.5 Å². The Labute approximate surface area is 218 Å². The van der Waals surface area contributed by atoms with Crippen molar-refractivity contribution >= 4 is 32.8 Å². The normalized spacial score (nSPS) is 18.3. The summed E-state index contributed by atoms with van der Waals surface area (Å²) in [6, 6.07) is 3.24. The highest BCUT2D eigenvalue weighted by atomic mass is 32.2. The zero-order valence-electron chi connectivity index (χ0n) is 22.2. The van der Waals surface area contributed by atoms with Gasteiger partial charge >= 0.3 is 6.09 Å². The minimum absolute atomic E-state index is 0.00284. The summed E-state index contributed by atoms with van der Waals surface area (Å²) in [6.07, 6.45) is 4.19. The third-order valence-electron chi connectivity index (χ3n) is 6.22. The number of hydrogen-bond acceptors (Lipinski definition) is 6. The zero-order valence-corrected chi connectivity index (χ0v) is 23.0. The van der Waals surface area contributed by atoms with Gasteiger partial charge in [-0.05, 0) is 46.6 Å². The molecule has 1 aromatic heterocycles. The molecule has 204 valence electrons. The van der Waals surface area contributed by atoms with E-state index in [1.165, 1.54) is 16.6 Å². The highest BCUT2D eigenvalue weighted by Gasteiger charge is 2.36. The quantitative estimate of drug-likeness (QED) is 0.572. The molecular formula is C26H37FN4O5S. The fourth-order valence-corrected chi connectivity index (χ4v) is 6.42. The molecule has 0 unspecified atom stereocenters. The third-order valence-corrected chi connectivity index (χ3v) is 8.27. The number of carbonyl (C=O) groups excluding carboxylic acids is 2. The molecule has 1 saturated heterocycles. The van der Waals surface area contributed by atoms with Gasteiger partial charge in [-0.3, -0.25) is 9.78 Å². The standard InChI is InChI=1S/C26H37FN4O5S/c1-6-7-11-21(29-25(33)36-26(3,4)5)24(32)30-13-9-14-31(18(2)17-30)37(34,35)22-12-8-10-19-15-28-16-20(27)23(19)22/h8,10,12,15-16,18,21H,6-7,9,11,13-14,17H2,1-5H3,(H,29,33)/t18-,21-/m0/s1. The van der Waals surface area contributed by atoms with Crippen LogP contribution in [-0.4, -0.2) is 71.9 Å². The number of hydrogen-bond donors (Lipinski definition) is 1. The van der Waals surface area contributed by atoms with Crippen LogP contribution in [0.5, 0.6) is 0 Å². The fraction of sp³-hybridized carbons (Fsp3) is 0.577. The topological polar surface area (TPSA) is 109 Å². The molecule has 9 nitrogen and oxygen atoms in total. The molecule has 3 rings (SSSR count). The number of benzene rings is 1. The number of rotatable bonds is 7. The van der Waals surface area contributed by atoms with Gasteiger partial charge in [0.05, 0.1) is 11.1 Å². The Balaban J connectivity index is 1.82. The summed E-state index contributed by atoms with van der Waals surface area (Å²) in [5.74, 6) is -0.976. The first-order valence-corrected chi connectivity index (χ1v) is 14.1. The minimum Gasteiger partial charge on any atom is -0.444 e. The SMILES string of the molecule is CCCC[C@H](NC(=O)OC(C)(C)C)C(=O)N1CCCN(S(=O)(=O)c2cccc3cncc(F)c23)[C@@H](C)C1. The second-order valence-corrected chi connectivity index (χ2v) is 12.3.